The lowest BCUT2D eigenvalue weighted by molar-refractivity contribution is 0.505. The Bertz CT molecular complexity index is 238. The highest BCUT2D eigenvalue weighted by Crippen LogP contribution is 2.26. The van der Waals surface area contributed by atoms with Crippen LogP contribution in [0.5, 0.6) is 0 Å². The fourth-order valence-electron chi connectivity index (χ4n) is 1.28. The average molecular weight is 156 g/mol. The Hall–Kier alpha value is -0.860. The fourth-order valence-corrected chi connectivity index (χ4v) is 1.28. The van der Waals surface area contributed by atoms with Gasteiger partial charge in [-0.1, -0.05) is 20.8 Å². The van der Waals surface area contributed by atoms with Crippen LogP contribution in [0, 0.1) is 12.9 Å². The van der Waals surface area contributed by atoms with Crippen molar-refractivity contribution in [3.63, 3.8) is 0 Å². The summed E-state index contributed by atoms with van der Waals surface area (Å²) < 4.78 is 13.0. The lowest BCUT2D eigenvalue weighted by Gasteiger charge is -2.16. The highest BCUT2D eigenvalue weighted by atomic mass is 19.1. The first kappa shape index (κ1) is 8.24. The van der Waals surface area contributed by atoms with Gasteiger partial charge in [0.25, 0.3) is 0 Å². The molecule has 0 radical (unpaired) electrons. The van der Waals surface area contributed by atoms with E-state index in [9.17, 15) is 4.39 Å². The second-order valence-corrected chi connectivity index (χ2v) is 3.75. The number of aryl methyl sites for hydroxylation is 1. The molecule has 0 aliphatic rings. The van der Waals surface area contributed by atoms with Crippen molar-refractivity contribution in [1.29, 1.82) is 0 Å². The lowest BCUT2D eigenvalue weighted by atomic mass is 9.87. The molecule has 1 aromatic heterocycles. The molecule has 0 amide bonds. The van der Waals surface area contributed by atoms with Crippen LogP contribution in [-0.2, 0) is 5.41 Å². The third kappa shape index (κ3) is 1.42. The summed E-state index contributed by atoms with van der Waals surface area (Å²) in [6.45, 7) is 7.70. The Labute approximate surface area is 65.8 Å². The number of rotatable bonds is 0. The zero-order valence-corrected chi connectivity index (χ0v) is 7.33. The molecular formula is C8H13FN2. The van der Waals surface area contributed by atoms with E-state index in [1.54, 1.807) is 6.92 Å². The molecule has 0 spiro atoms. The number of nitrogens with one attached hydrogen (secondary N) is 1. The van der Waals surface area contributed by atoms with Crippen molar-refractivity contribution in [2.45, 2.75) is 33.1 Å². The van der Waals surface area contributed by atoms with Crippen LogP contribution in [0.4, 0.5) is 4.39 Å². The molecule has 0 saturated heterocycles. The first-order valence-corrected chi connectivity index (χ1v) is 3.64. The number of H-pyrrole nitrogens is 1. The highest BCUT2D eigenvalue weighted by molar-refractivity contribution is 5.24. The molecule has 0 aliphatic heterocycles. The van der Waals surface area contributed by atoms with Crippen molar-refractivity contribution in [3.05, 3.63) is 17.2 Å². The smallest absolute Gasteiger partial charge is 0.212 e. The van der Waals surface area contributed by atoms with Crippen LogP contribution in [0.1, 0.15) is 32.0 Å². The summed E-state index contributed by atoms with van der Waals surface area (Å²) in [6.07, 6.45) is 0. The third-order valence-corrected chi connectivity index (χ3v) is 1.65. The summed E-state index contributed by atoms with van der Waals surface area (Å²) in [5.41, 5.74) is 1.26. The number of aromatic amines is 1. The summed E-state index contributed by atoms with van der Waals surface area (Å²) in [4.78, 5) is 0. The summed E-state index contributed by atoms with van der Waals surface area (Å²) in [5, 5.41) is 6.11. The molecule has 1 heterocycles. The van der Waals surface area contributed by atoms with Crippen LogP contribution in [0.15, 0.2) is 0 Å². The summed E-state index contributed by atoms with van der Waals surface area (Å²) in [5.74, 6) is -0.310. The predicted molar refractivity (Wildman–Crippen MR) is 42.0 cm³/mol. The van der Waals surface area contributed by atoms with Crippen LogP contribution >= 0.6 is 0 Å². The number of hydrogen-bond donors (Lipinski definition) is 1. The Morgan fingerprint density at radius 3 is 2.09 bits per heavy atom. The van der Waals surface area contributed by atoms with Gasteiger partial charge in [-0.15, -0.1) is 0 Å². The fraction of sp³-hybridized carbons (Fsp3) is 0.625. The van der Waals surface area contributed by atoms with Gasteiger partial charge in [-0.25, -0.2) is 0 Å². The topological polar surface area (TPSA) is 28.7 Å². The second-order valence-electron chi connectivity index (χ2n) is 3.75. The van der Waals surface area contributed by atoms with Gasteiger partial charge in [-0.3, -0.25) is 5.10 Å². The zero-order chi connectivity index (χ0) is 8.65. The van der Waals surface area contributed by atoms with Gasteiger partial charge in [0.05, 0.1) is 5.69 Å². The first-order chi connectivity index (χ1) is 4.93. The summed E-state index contributed by atoms with van der Waals surface area (Å²) in [7, 11) is 0. The Morgan fingerprint density at radius 2 is 1.91 bits per heavy atom. The second kappa shape index (κ2) is 2.32. The molecule has 1 aromatic rings. The van der Waals surface area contributed by atoms with Gasteiger partial charge in [0, 0.05) is 5.56 Å². The predicted octanol–water partition coefficient (Wildman–Crippen LogP) is 2.15. The number of hydrogen-bond acceptors (Lipinski definition) is 1. The van der Waals surface area contributed by atoms with E-state index in [0.717, 1.165) is 5.69 Å². The minimum Gasteiger partial charge on any atom is -0.253 e. The number of aromatic nitrogens is 2. The molecule has 0 aliphatic carbocycles. The van der Waals surface area contributed by atoms with Crippen molar-refractivity contribution in [2.75, 3.05) is 0 Å². The van der Waals surface area contributed by atoms with Crippen LogP contribution in [0.2, 0.25) is 0 Å². The van der Waals surface area contributed by atoms with Gasteiger partial charge in [-0.2, -0.15) is 9.49 Å². The van der Waals surface area contributed by atoms with E-state index in [0.29, 0.717) is 5.56 Å². The molecule has 62 valence electrons. The van der Waals surface area contributed by atoms with E-state index >= 15 is 0 Å². The van der Waals surface area contributed by atoms with E-state index in [1.807, 2.05) is 20.8 Å². The molecule has 0 saturated carbocycles. The van der Waals surface area contributed by atoms with Crippen LogP contribution in [-0.4, -0.2) is 10.2 Å². The molecule has 1 N–H and O–H groups in total. The van der Waals surface area contributed by atoms with Gasteiger partial charge in [-0.05, 0) is 12.3 Å². The maximum Gasteiger partial charge on any atom is 0.212 e. The SMILES string of the molecule is Cc1n[nH]c(F)c1C(C)(C)C. The Balaban J connectivity index is 3.21. The van der Waals surface area contributed by atoms with Gasteiger partial charge in [0.15, 0.2) is 0 Å². The maximum atomic E-state index is 13.0. The molecule has 0 bridgehead atoms. The van der Waals surface area contributed by atoms with Crippen LogP contribution in [0.25, 0.3) is 0 Å². The monoisotopic (exact) mass is 156 g/mol. The minimum atomic E-state index is -0.310. The maximum absolute atomic E-state index is 13.0. The van der Waals surface area contributed by atoms with E-state index in [1.165, 1.54) is 0 Å². The molecule has 0 unspecified atom stereocenters. The normalized spacial score (nSPS) is 12.1. The minimum absolute atomic E-state index is 0.166. The van der Waals surface area contributed by atoms with Gasteiger partial charge in [0.1, 0.15) is 0 Å². The van der Waals surface area contributed by atoms with Crippen molar-refractivity contribution in [1.82, 2.24) is 10.2 Å². The van der Waals surface area contributed by atoms with E-state index in [4.69, 9.17) is 0 Å². The highest BCUT2D eigenvalue weighted by Gasteiger charge is 2.22. The quantitative estimate of drug-likeness (QED) is 0.612. The molecule has 11 heavy (non-hydrogen) atoms. The largest absolute Gasteiger partial charge is 0.253 e. The van der Waals surface area contributed by atoms with Crippen molar-refractivity contribution in [3.8, 4) is 0 Å². The van der Waals surface area contributed by atoms with Crippen molar-refractivity contribution in [2.24, 2.45) is 0 Å². The summed E-state index contributed by atoms with van der Waals surface area (Å²) in [6, 6.07) is 0. The van der Waals surface area contributed by atoms with Gasteiger partial charge >= 0.3 is 0 Å². The van der Waals surface area contributed by atoms with E-state index in [-0.39, 0.29) is 11.4 Å². The molecule has 3 heteroatoms. The first-order valence-electron chi connectivity index (χ1n) is 3.64. The van der Waals surface area contributed by atoms with E-state index in [2.05, 4.69) is 10.2 Å². The van der Waals surface area contributed by atoms with Crippen molar-refractivity contribution < 1.29 is 4.39 Å². The Morgan fingerprint density at radius 1 is 1.36 bits per heavy atom. The molecule has 1 rings (SSSR count). The third-order valence-electron chi connectivity index (χ3n) is 1.65. The lowest BCUT2D eigenvalue weighted by Crippen LogP contribution is -2.13. The zero-order valence-electron chi connectivity index (χ0n) is 7.33. The molecule has 0 fully saturated rings. The van der Waals surface area contributed by atoms with Gasteiger partial charge < -0.3 is 0 Å². The van der Waals surface area contributed by atoms with Crippen molar-refractivity contribution >= 4 is 0 Å². The van der Waals surface area contributed by atoms with Crippen LogP contribution in [0.3, 0.4) is 0 Å². The van der Waals surface area contributed by atoms with Crippen LogP contribution < -0.4 is 0 Å². The van der Waals surface area contributed by atoms with E-state index < -0.39 is 0 Å². The molecule has 2 nitrogen and oxygen atoms in total. The average Bonchev–Trinajstić information content (AvgIpc) is 2.08. The number of halogens is 1. The molecular weight excluding hydrogens is 143 g/mol. The Kier molecular flexibility index (Phi) is 1.74. The van der Waals surface area contributed by atoms with Gasteiger partial charge in [0.2, 0.25) is 5.95 Å². The molecule has 0 aromatic carbocycles. The summed E-state index contributed by atoms with van der Waals surface area (Å²) >= 11 is 0. The standard InChI is InChI=1S/C8H13FN2/c1-5-6(8(2,3)4)7(9)11-10-5/h1-4H3,(H,10,11). The number of nitrogens with zero attached hydrogens (tertiary/aromatic N) is 1. The molecule has 0 atom stereocenters.